The Morgan fingerprint density at radius 1 is 0.667 bits per heavy atom. The molecule has 0 saturated carbocycles. The van der Waals surface area contributed by atoms with Crippen LogP contribution in [0.3, 0.4) is 0 Å². The molecule has 0 aromatic heterocycles. The summed E-state index contributed by atoms with van der Waals surface area (Å²) in [7, 11) is -3.75. The molecule has 3 rings (SSSR count). The fourth-order valence-electron chi connectivity index (χ4n) is 2.48. The van der Waals surface area contributed by atoms with Crippen LogP contribution in [0.5, 0.6) is 0 Å². The minimum absolute atomic E-state index is 0.137. The van der Waals surface area contributed by atoms with E-state index in [9.17, 15) is 8.42 Å². The van der Waals surface area contributed by atoms with Crippen molar-refractivity contribution in [1.29, 1.82) is 0 Å². The van der Waals surface area contributed by atoms with E-state index in [4.69, 9.17) is 5.14 Å². The summed E-state index contributed by atoms with van der Waals surface area (Å²) >= 11 is 0. The smallest absolute Gasteiger partial charge is 0.225 e. The molecule has 0 aliphatic carbocycles. The number of benzene rings is 3. The molecule has 0 aliphatic heterocycles. The van der Waals surface area contributed by atoms with E-state index < -0.39 is 10.0 Å². The Hall–Kier alpha value is -2.69. The first-order valence-electron chi connectivity index (χ1n) is 7.49. The molecule has 4 heteroatoms. The number of hydrogen-bond acceptors (Lipinski definition) is 2. The minimum Gasteiger partial charge on any atom is -0.225 e. The molecule has 0 aliphatic rings. The first-order valence-corrected chi connectivity index (χ1v) is 9.04. The van der Waals surface area contributed by atoms with Crippen LogP contribution in [0.1, 0.15) is 11.1 Å². The van der Waals surface area contributed by atoms with Crippen LogP contribution in [-0.2, 0) is 10.0 Å². The standard InChI is InChI=1S/C20H17NO2S/c21-24(22,23)20-9-5-4-8-19(20)18-14-12-17(13-15-18)11-10-16-6-2-1-3-7-16/h1-15H,(H2,21,22,23). The van der Waals surface area contributed by atoms with Gasteiger partial charge in [-0.05, 0) is 22.8 Å². The van der Waals surface area contributed by atoms with E-state index in [1.807, 2.05) is 66.7 Å². The van der Waals surface area contributed by atoms with E-state index in [0.29, 0.717) is 5.56 Å². The fraction of sp³-hybridized carbons (Fsp3) is 0. The number of nitrogens with two attached hydrogens (primary N) is 1. The Kier molecular flexibility index (Phi) is 4.60. The second-order valence-electron chi connectivity index (χ2n) is 5.41. The van der Waals surface area contributed by atoms with E-state index in [1.54, 1.807) is 18.2 Å². The Morgan fingerprint density at radius 3 is 1.83 bits per heavy atom. The van der Waals surface area contributed by atoms with Crippen molar-refractivity contribution >= 4 is 22.2 Å². The third-order valence-electron chi connectivity index (χ3n) is 3.68. The molecular formula is C20H17NO2S. The molecule has 0 saturated heterocycles. The van der Waals surface area contributed by atoms with Gasteiger partial charge >= 0.3 is 0 Å². The van der Waals surface area contributed by atoms with Gasteiger partial charge in [-0.15, -0.1) is 0 Å². The Bertz CT molecular complexity index is 960. The summed E-state index contributed by atoms with van der Waals surface area (Å²) in [6.45, 7) is 0. The monoisotopic (exact) mass is 335 g/mol. The third-order valence-corrected chi connectivity index (χ3v) is 4.65. The third kappa shape index (κ3) is 3.79. The van der Waals surface area contributed by atoms with Crippen molar-refractivity contribution in [1.82, 2.24) is 0 Å². The van der Waals surface area contributed by atoms with Gasteiger partial charge in [0.25, 0.3) is 0 Å². The highest BCUT2D eigenvalue weighted by molar-refractivity contribution is 7.89. The summed E-state index contributed by atoms with van der Waals surface area (Å²) in [6, 6.07) is 24.5. The van der Waals surface area contributed by atoms with Gasteiger partial charge in [-0.3, -0.25) is 0 Å². The molecule has 0 bridgehead atoms. The zero-order valence-electron chi connectivity index (χ0n) is 13.0. The second-order valence-corrected chi connectivity index (χ2v) is 6.94. The van der Waals surface area contributed by atoms with Crippen LogP contribution >= 0.6 is 0 Å². The average molecular weight is 335 g/mol. The van der Waals surface area contributed by atoms with Gasteiger partial charge in [-0.1, -0.05) is 84.9 Å². The van der Waals surface area contributed by atoms with Crippen LogP contribution in [0.15, 0.2) is 83.8 Å². The second kappa shape index (κ2) is 6.83. The quantitative estimate of drug-likeness (QED) is 0.727. The Morgan fingerprint density at radius 2 is 1.21 bits per heavy atom. The molecule has 0 unspecified atom stereocenters. The van der Waals surface area contributed by atoms with E-state index in [1.165, 1.54) is 6.07 Å². The highest BCUT2D eigenvalue weighted by Gasteiger charge is 2.14. The first-order chi connectivity index (χ1) is 11.5. The van der Waals surface area contributed by atoms with Gasteiger partial charge in [0.05, 0.1) is 4.90 Å². The normalized spacial score (nSPS) is 11.7. The van der Waals surface area contributed by atoms with E-state index >= 15 is 0 Å². The number of sulfonamides is 1. The van der Waals surface area contributed by atoms with Crippen LogP contribution < -0.4 is 5.14 Å². The Balaban J connectivity index is 1.90. The highest BCUT2D eigenvalue weighted by Crippen LogP contribution is 2.27. The predicted molar refractivity (Wildman–Crippen MR) is 98.6 cm³/mol. The van der Waals surface area contributed by atoms with Crippen LogP contribution in [0, 0.1) is 0 Å². The summed E-state index contributed by atoms with van der Waals surface area (Å²) in [5.41, 5.74) is 3.59. The Labute approximate surface area is 142 Å². The molecule has 120 valence electrons. The lowest BCUT2D eigenvalue weighted by atomic mass is 10.0. The van der Waals surface area contributed by atoms with Crippen molar-refractivity contribution in [2.24, 2.45) is 5.14 Å². The topological polar surface area (TPSA) is 60.2 Å². The van der Waals surface area contributed by atoms with Crippen LogP contribution in [-0.4, -0.2) is 8.42 Å². The number of hydrogen-bond donors (Lipinski definition) is 1. The SMILES string of the molecule is NS(=O)(=O)c1ccccc1-c1ccc(C=Cc2ccccc2)cc1. The average Bonchev–Trinajstić information content (AvgIpc) is 2.61. The summed E-state index contributed by atoms with van der Waals surface area (Å²) in [4.78, 5) is 0.137. The molecule has 3 aromatic rings. The van der Waals surface area contributed by atoms with E-state index in [-0.39, 0.29) is 4.90 Å². The van der Waals surface area contributed by atoms with Crippen molar-refractivity contribution in [3.63, 3.8) is 0 Å². The lowest BCUT2D eigenvalue weighted by molar-refractivity contribution is 0.598. The van der Waals surface area contributed by atoms with Gasteiger partial charge in [0, 0.05) is 5.56 Å². The zero-order chi connectivity index (χ0) is 17.0. The molecule has 0 heterocycles. The molecule has 0 atom stereocenters. The van der Waals surface area contributed by atoms with Gasteiger partial charge in [0.15, 0.2) is 0 Å². The van der Waals surface area contributed by atoms with Gasteiger partial charge < -0.3 is 0 Å². The van der Waals surface area contributed by atoms with Crippen LogP contribution in [0.2, 0.25) is 0 Å². The number of rotatable bonds is 4. The molecule has 0 fully saturated rings. The molecule has 0 radical (unpaired) electrons. The van der Waals surface area contributed by atoms with Crippen molar-refractivity contribution in [2.45, 2.75) is 4.90 Å². The summed E-state index contributed by atoms with van der Waals surface area (Å²) in [5.74, 6) is 0. The van der Waals surface area contributed by atoms with Crippen molar-refractivity contribution in [3.05, 3.63) is 90.0 Å². The fourth-order valence-corrected chi connectivity index (χ4v) is 3.24. The lowest BCUT2D eigenvalue weighted by Gasteiger charge is -2.08. The maximum atomic E-state index is 11.7. The summed E-state index contributed by atoms with van der Waals surface area (Å²) in [5, 5.41) is 5.30. The molecular weight excluding hydrogens is 318 g/mol. The molecule has 0 amide bonds. The van der Waals surface area contributed by atoms with Gasteiger partial charge in [0.1, 0.15) is 0 Å². The summed E-state index contributed by atoms with van der Waals surface area (Å²) < 4.78 is 23.4. The minimum atomic E-state index is -3.75. The number of primary sulfonamides is 1. The van der Waals surface area contributed by atoms with Crippen molar-refractivity contribution in [2.75, 3.05) is 0 Å². The molecule has 3 nitrogen and oxygen atoms in total. The lowest BCUT2D eigenvalue weighted by Crippen LogP contribution is -2.13. The molecule has 24 heavy (non-hydrogen) atoms. The maximum absolute atomic E-state index is 11.7. The summed E-state index contributed by atoms with van der Waals surface area (Å²) in [6.07, 6.45) is 4.05. The molecule has 2 N–H and O–H groups in total. The van der Waals surface area contributed by atoms with Gasteiger partial charge in [0.2, 0.25) is 10.0 Å². The maximum Gasteiger partial charge on any atom is 0.238 e. The molecule has 0 spiro atoms. The first kappa shape index (κ1) is 16.2. The highest BCUT2D eigenvalue weighted by atomic mass is 32.2. The van der Waals surface area contributed by atoms with Gasteiger partial charge in [-0.25, -0.2) is 13.6 Å². The predicted octanol–water partition coefficient (Wildman–Crippen LogP) is 4.17. The zero-order valence-corrected chi connectivity index (χ0v) is 13.8. The van der Waals surface area contributed by atoms with Crippen molar-refractivity contribution < 1.29 is 8.42 Å². The largest absolute Gasteiger partial charge is 0.238 e. The van der Waals surface area contributed by atoms with Crippen LogP contribution in [0.4, 0.5) is 0 Å². The van der Waals surface area contributed by atoms with E-state index in [2.05, 4.69) is 0 Å². The van der Waals surface area contributed by atoms with Gasteiger partial charge in [-0.2, -0.15) is 0 Å². The van der Waals surface area contributed by atoms with Crippen LogP contribution in [0.25, 0.3) is 23.3 Å². The van der Waals surface area contributed by atoms with E-state index in [0.717, 1.165) is 16.7 Å². The van der Waals surface area contributed by atoms with Crippen molar-refractivity contribution in [3.8, 4) is 11.1 Å². The molecule has 3 aromatic carbocycles.